The van der Waals surface area contributed by atoms with Crippen molar-refractivity contribution in [3.63, 3.8) is 0 Å². The Bertz CT molecular complexity index is 384. The normalized spacial score (nSPS) is 29.2. The summed E-state index contributed by atoms with van der Waals surface area (Å²) in [5.74, 6) is 0.599. The third kappa shape index (κ3) is 2.63. The first-order valence-corrected chi connectivity index (χ1v) is 8.16. The SMILES string of the molecule is NC(CCC1CCCO1)C1CCCc2sccc21. The highest BCUT2D eigenvalue weighted by molar-refractivity contribution is 7.10. The highest BCUT2D eigenvalue weighted by atomic mass is 32.1. The van der Waals surface area contributed by atoms with E-state index in [9.17, 15) is 0 Å². The standard InChI is InChI=1S/C15H23NOS/c16-14(7-6-11-3-2-9-17-11)12-4-1-5-15-13(12)8-10-18-15/h8,10-12,14H,1-7,9,16H2. The molecule has 1 aliphatic heterocycles. The maximum atomic E-state index is 6.45. The molecule has 3 unspecified atom stereocenters. The van der Waals surface area contributed by atoms with E-state index in [0.29, 0.717) is 18.1 Å². The van der Waals surface area contributed by atoms with E-state index < -0.39 is 0 Å². The third-order valence-corrected chi connectivity index (χ3v) is 5.46. The van der Waals surface area contributed by atoms with E-state index in [4.69, 9.17) is 10.5 Å². The van der Waals surface area contributed by atoms with E-state index in [-0.39, 0.29) is 0 Å². The Kier molecular flexibility index (Phi) is 4.02. The lowest BCUT2D eigenvalue weighted by molar-refractivity contribution is 0.0997. The summed E-state index contributed by atoms with van der Waals surface area (Å²) in [6, 6.07) is 2.62. The van der Waals surface area contributed by atoms with Crippen LogP contribution in [0.15, 0.2) is 11.4 Å². The zero-order valence-electron chi connectivity index (χ0n) is 10.9. The van der Waals surface area contributed by atoms with E-state index in [1.165, 1.54) is 32.1 Å². The molecule has 2 N–H and O–H groups in total. The molecule has 18 heavy (non-hydrogen) atoms. The lowest BCUT2D eigenvalue weighted by atomic mass is 9.81. The van der Waals surface area contributed by atoms with E-state index in [1.54, 1.807) is 10.4 Å². The molecule has 0 radical (unpaired) electrons. The second-order valence-corrected chi connectivity index (χ2v) is 6.67. The summed E-state index contributed by atoms with van der Waals surface area (Å²) in [6.07, 6.45) is 9.08. The van der Waals surface area contributed by atoms with Gasteiger partial charge in [0, 0.05) is 23.4 Å². The number of aryl methyl sites for hydroxylation is 1. The molecule has 0 spiro atoms. The lowest BCUT2D eigenvalue weighted by Gasteiger charge is -2.28. The summed E-state index contributed by atoms with van der Waals surface area (Å²) in [5, 5.41) is 2.23. The van der Waals surface area contributed by atoms with Crippen molar-refractivity contribution in [1.29, 1.82) is 0 Å². The van der Waals surface area contributed by atoms with Crippen molar-refractivity contribution < 1.29 is 4.74 Å². The summed E-state index contributed by atoms with van der Waals surface area (Å²) in [4.78, 5) is 1.58. The average molecular weight is 265 g/mol. The van der Waals surface area contributed by atoms with E-state index in [0.717, 1.165) is 19.4 Å². The molecular formula is C15H23NOS. The van der Waals surface area contributed by atoms with Crippen LogP contribution < -0.4 is 5.73 Å². The van der Waals surface area contributed by atoms with Gasteiger partial charge < -0.3 is 10.5 Å². The number of thiophene rings is 1. The van der Waals surface area contributed by atoms with Gasteiger partial charge in [0.1, 0.15) is 0 Å². The first-order valence-electron chi connectivity index (χ1n) is 7.28. The van der Waals surface area contributed by atoms with Gasteiger partial charge in [-0.2, -0.15) is 0 Å². The van der Waals surface area contributed by atoms with E-state index in [2.05, 4.69) is 11.4 Å². The molecular weight excluding hydrogens is 242 g/mol. The van der Waals surface area contributed by atoms with Crippen LogP contribution in [0.3, 0.4) is 0 Å². The van der Waals surface area contributed by atoms with Crippen molar-refractivity contribution in [3.8, 4) is 0 Å². The molecule has 1 saturated heterocycles. The molecule has 2 heterocycles. The van der Waals surface area contributed by atoms with Gasteiger partial charge in [0.15, 0.2) is 0 Å². The fourth-order valence-electron chi connectivity index (χ4n) is 3.42. The van der Waals surface area contributed by atoms with Gasteiger partial charge in [-0.05, 0) is 62.0 Å². The van der Waals surface area contributed by atoms with Gasteiger partial charge in [0.05, 0.1) is 6.10 Å². The summed E-state index contributed by atoms with van der Waals surface area (Å²) >= 11 is 1.91. The predicted octanol–water partition coefficient (Wildman–Crippen LogP) is 3.45. The molecule has 1 fully saturated rings. The molecule has 1 aliphatic carbocycles. The van der Waals surface area contributed by atoms with Crippen LogP contribution in [0.25, 0.3) is 0 Å². The minimum atomic E-state index is 0.322. The number of rotatable bonds is 4. The van der Waals surface area contributed by atoms with Gasteiger partial charge in [0.25, 0.3) is 0 Å². The summed E-state index contributed by atoms with van der Waals surface area (Å²) < 4.78 is 5.69. The van der Waals surface area contributed by atoms with Crippen LogP contribution in [0.2, 0.25) is 0 Å². The van der Waals surface area contributed by atoms with Gasteiger partial charge in [0.2, 0.25) is 0 Å². The van der Waals surface area contributed by atoms with Gasteiger partial charge in [-0.15, -0.1) is 11.3 Å². The van der Waals surface area contributed by atoms with Crippen molar-refractivity contribution in [2.24, 2.45) is 5.73 Å². The molecule has 2 aliphatic rings. The highest BCUT2D eigenvalue weighted by Gasteiger charge is 2.27. The number of hydrogen-bond donors (Lipinski definition) is 1. The molecule has 100 valence electrons. The first-order chi connectivity index (χ1) is 8.84. The molecule has 3 atom stereocenters. The Morgan fingerprint density at radius 1 is 1.39 bits per heavy atom. The first kappa shape index (κ1) is 12.6. The molecule has 1 aromatic heterocycles. The smallest absolute Gasteiger partial charge is 0.0576 e. The number of fused-ring (bicyclic) bond motifs is 1. The van der Waals surface area contributed by atoms with Crippen LogP contribution in [0.4, 0.5) is 0 Å². The molecule has 3 rings (SSSR count). The molecule has 2 nitrogen and oxygen atoms in total. The minimum Gasteiger partial charge on any atom is -0.378 e. The Morgan fingerprint density at radius 2 is 2.33 bits per heavy atom. The van der Waals surface area contributed by atoms with E-state index >= 15 is 0 Å². The maximum absolute atomic E-state index is 6.45. The largest absolute Gasteiger partial charge is 0.378 e. The lowest BCUT2D eigenvalue weighted by Crippen LogP contribution is -2.31. The highest BCUT2D eigenvalue weighted by Crippen LogP contribution is 2.37. The Labute approximate surface area is 114 Å². The van der Waals surface area contributed by atoms with Crippen molar-refractivity contribution in [2.75, 3.05) is 6.61 Å². The molecule has 1 aromatic rings. The summed E-state index contributed by atoms with van der Waals surface area (Å²) in [6.45, 7) is 0.956. The minimum absolute atomic E-state index is 0.322. The van der Waals surface area contributed by atoms with Gasteiger partial charge in [-0.25, -0.2) is 0 Å². The number of hydrogen-bond acceptors (Lipinski definition) is 3. The van der Waals surface area contributed by atoms with Crippen LogP contribution in [-0.2, 0) is 11.2 Å². The van der Waals surface area contributed by atoms with Gasteiger partial charge >= 0.3 is 0 Å². The van der Waals surface area contributed by atoms with Crippen molar-refractivity contribution >= 4 is 11.3 Å². The zero-order valence-corrected chi connectivity index (χ0v) is 11.8. The quantitative estimate of drug-likeness (QED) is 0.905. The molecule has 0 bridgehead atoms. The summed E-state index contributed by atoms with van der Waals surface area (Å²) in [5.41, 5.74) is 8.00. The molecule has 0 saturated carbocycles. The number of ether oxygens (including phenoxy) is 1. The molecule has 0 amide bonds. The van der Waals surface area contributed by atoms with Gasteiger partial charge in [-0.1, -0.05) is 0 Å². The zero-order chi connectivity index (χ0) is 12.4. The third-order valence-electron chi connectivity index (χ3n) is 4.46. The predicted molar refractivity (Wildman–Crippen MR) is 76.2 cm³/mol. The van der Waals surface area contributed by atoms with Crippen LogP contribution >= 0.6 is 11.3 Å². The van der Waals surface area contributed by atoms with Crippen LogP contribution in [0.5, 0.6) is 0 Å². The number of nitrogens with two attached hydrogens (primary N) is 1. The monoisotopic (exact) mass is 265 g/mol. The fraction of sp³-hybridized carbons (Fsp3) is 0.733. The van der Waals surface area contributed by atoms with Crippen LogP contribution in [-0.4, -0.2) is 18.8 Å². The van der Waals surface area contributed by atoms with Gasteiger partial charge in [-0.3, -0.25) is 0 Å². The van der Waals surface area contributed by atoms with Crippen LogP contribution in [0.1, 0.15) is 54.9 Å². The Balaban J connectivity index is 1.58. The van der Waals surface area contributed by atoms with Crippen molar-refractivity contribution in [2.45, 2.75) is 63.0 Å². The van der Waals surface area contributed by atoms with E-state index in [1.807, 2.05) is 11.3 Å². The second-order valence-electron chi connectivity index (χ2n) is 5.67. The molecule has 0 aromatic carbocycles. The van der Waals surface area contributed by atoms with Crippen molar-refractivity contribution in [3.05, 3.63) is 21.9 Å². The summed E-state index contributed by atoms with van der Waals surface area (Å²) in [7, 11) is 0. The van der Waals surface area contributed by atoms with Crippen LogP contribution in [0, 0.1) is 0 Å². The topological polar surface area (TPSA) is 35.2 Å². The Hall–Kier alpha value is -0.380. The van der Waals surface area contributed by atoms with Crippen molar-refractivity contribution in [1.82, 2.24) is 0 Å². The second kappa shape index (κ2) is 5.72. The maximum Gasteiger partial charge on any atom is 0.0576 e. The molecule has 3 heteroatoms. The average Bonchev–Trinajstić information content (AvgIpc) is 3.05. The fourth-order valence-corrected chi connectivity index (χ4v) is 4.41. The Morgan fingerprint density at radius 3 is 3.17 bits per heavy atom.